The molecule has 0 aliphatic carbocycles. The molecule has 2 heterocycles. The first-order chi connectivity index (χ1) is 18.5. The molecule has 1 atom stereocenters. The number of carbonyl (C=O) groups is 1. The molecular weight excluding hydrogens is 479 g/mol. The van der Waals surface area contributed by atoms with Crippen LogP contribution in [0.4, 0.5) is 4.39 Å². The van der Waals surface area contributed by atoms with E-state index in [4.69, 9.17) is 4.98 Å². The van der Waals surface area contributed by atoms with Crippen LogP contribution in [-0.4, -0.2) is 32.3 Å². The van der Waals surface area contributed by atoms with Crippen molar-refractivity contribution in [1.82, 2.24) is 20.1 Å². The average Bonchev–Trinajstić information content (AvgIpc) is 3.34. The van der Waals surface area contributed by atoms with E-state index in [0.29, 0.717) is 13.0 Å². The van der Waals surface area contributed by atoms with Crippen molar-refractivity contribution in [2.24, 2.45) is 7.05 Å². The van der Waals surface area contributed by atoms with Crippen molar-refractivity contribution in [3.63, 3.8) is 0 Å². The average molecular weight is 507 g/mol. The maximum atomic E-state index is 13.5. The monoisotopic (exact) mass is 506 g/mol. The first kappa shape index (κ1) is 24.9. The Morgan fingerprint density at radius 3 is 2.47 bits per heavy atom. The van der Waals surface area contributed by atoms with Gasteiger partial charge in [-0.3, -0.25) is 14.5 Å². The van der Waals surface area contributed by atoms with E-state index in [9.17, 15) is 14.3 Å². The Hall–Kier alpha value is -4.78. The van der Waals surface area contributed by atoms with Gasteiger partial charge in [0, 0.05) is 48.7 Å². The highest BCUT2D eigenvalue weighted by molar-refractivity contribution is 5.96. The molecule has 7 heteroatoms. The van der Waals surface area contributed by atoms with Crippen molar-refractivity contribution >= 4 is 5.91 Å². The molecule has 1 unspecified atom stereocenters. The van der Waals surface area contributed by atoms with Crippen LogP contribution in [-0.2, 0) is 7.05 Å². The second kappa shape index (κ2) is 11.1. The molecule has 0 fully saturated rings. The molecule has 38 heavy (non-hydrogen) atoms. The van der Waals surface area contributed by atoms with Crippen LogP contribution in [0.5, 0.6) is 5.75 Å². The van der Waals surface area contributed by atoms with Gasteiger partial charge in [0.25, 0.3) is 5.91 Å². The zero-order chi connectivity index (χ0) is 26.5. The zero-order valence-electron chi connectivity index (χ0n) is 20.9. The molecule has 0 spiro atoms. The molecule has 6 nitrogen and oxygen atoms in total. The minimum Gasteiger partial charge on any atom is -0.507 e. The molecule has 3 aromatic carbocycles. The molecule has 5 aromatic rings. The van der Waals surface area contributed by atoms with Gasteiger partial charge in [0.2, 0.25) is 0 Å². The number of para-hydroxylation sites is 1. The quantitative estimate of drug-likeness (QED) is 0.273. The van der Waals surface area contributed by atoms with E-state index in [1.54, 1.807) is 41.2 Å². The van der Waals surface area contributed by atoms with Gasteiger partial charge in [-0.2, -0.15) is 5.10 Å². The van der Waals surface area contributed by atoms with Crippen LogP contribution in [0.2, 0.25) is 0 Å². The van der Waals surface area contributed by atoms with Gasteiger partial charge < -0.3 is 10.4 Å². The number of nitrogens with zero attached hydrogens (tertiary/aromatic N) is 3. The van der Waals surface area contributed by atoms with E-state index in [0.717, 1.165) is 33.6 Å². The Kier molecular flexibility index (Phi) is 7.26. The maximum absolute atomic E-state index is 13.5. The topological polar surface area (TPSA) is 80.0 Å². The van der Waals surface area contributed by atoms with Crippen molar-refractivity contribution < 1.29 is 14.3 Å². The number of aromatic nitrogens is 3. The van der Waals surface area contributed by atoms with Gasteiger partial charge in [-0.25, -0.2) is 4.39 Å². The lowest BCUT2D eigenvalue weighted by molar-refractivity contribution is 0.0950. The number of pyridine rings is 1. The van der Waals surface area contributed by atoms with Gasteiger partial charge in [0.05, 0.1) is 5.56 Å². The highest BCUT2D eigenvalue weighted by Gasteiger charge is 2.19. The van der Waals surface area contributed by atoms with Gasteiger partial charge in [-0.1, -0.05) is 42.5 Å². The summed E-state index contributed by atoms with van der Waals surface area (Å²) in [6.07, 6.45) is 4.34. The Morgan fingerprint density at radius 2 is 1.71 bits per heavy atom. The minimum atomic E-state index is -0.323. The number of halogens is 1. The fourth-order valence-electron chi connectivity index (χ4n) is 4.59. The molecule has 0 saturated heterocycles. The van der Waals surface area contributed by atoms with Crippen LogP contribution in [0, 0.1) is 5.82 Å². The van der Waals surface area contributed by atoms with E-state index in [-0.39, 0.29) is 29.0 Å². The lowest BCUT2D eigenvalue weighted by atomic mass is 9.90. The Morgan fingerprint density at radius 1 is 0.974 bits per heavy atom. The molecule has 0 radical (unpaired) electrons. The second-order valence-electron chi connectivity index (χ2n) is 9.07. The number of nitrogens with one attached hydrogen (secondary N) is 1. The first-order valence-corrected chi connectivity index (χ1v) is 12.4. The lowest BCUT2D eigenvalue weighted by Crippen LogP contribution is -2.26. The molecule has 0 aliphatic heterocycles. The highest BCUT2D eigenvalue weighted by atomic mass is 19.1. The van der Waals surface area contributed by atoms with Crippen LogP contribution < -0.4 is 5.32 Å². The van der Waals surface area contributed by atoms with Gasteiger partial charge in [0.15, 0.2) is 0 Å². The molecule has 190 valence electrons. The summed E-state index contributed by atoms with van der Waals surface area (Å²) in [7, 11) is 1.86. The summed E-state index contributed by atoms with van der Waals surface area (Å²) >= 11 is 0. The van der Waals surface area contributed by atoms with Crippen LogP contribution in [0.3, 0.4) is 0 Å². The van der Waals surface area contributed by atoms with Gasteiger partial charge in [-0.15, -0.1) is 0 Å². The Labute approximate surface area is 220 Å². The Bertz CT molecular complexity index is 1550. The van der Waals surface area contributed by atoms with Crippen LogP contribution in [0.25, 0.3) is 22.4 Å². The predicted octanol–water partition coefficient (Wildman–Crippen LogP) is 5.95. The van der Waals surface area contributed by atoms with Crippen molar-refractivity contribution in [3.8, 4) is 28.1 Å². The van der Waals surface area contributed by atoms with Crippen LogP contribution in [0.1, 0.15) is 34.0 Å². The SMILES string of the molecule is Cn1cc(-c2ccnc(C(CCNC(=O)c3ccccc3O)c3ccccc3)c2)c(-c2ccc(F)cc2)n1. The van der Waals surface area contributed by atoms with E-state index in [1.807, 2.05) is 43.6 Å². The van der Waals surface area contributed by atoms with Crippen LogP contribution >= 0.6 is 0 Å². The van der Waals surface area contributed by atoms with Crippen LogP contribution in [0.15, 0.2) is 103 Å². The lowest BCUT2D eigenvalue weighted by Gasteiger charge is -2.18. The van der Waals surface area contributed by atoms with E-state index in [2.05, 4.69) is 22.5 Å². The molecule has 1 amide bonds. The normalized spacial score (nSPS) is 11.7. The third-order valence-corrected chi connectivity index (χ3v) is 6.46. The molecule has 5 rings (SSSR count). The second-order valence-corrected chi connectivity index (χ2v) is 9.07. The molecule has 0 aliphatic rings. The molecule has 2 N–H and O–H groups in total. The third-order valence-electron chi connectivity index (χ3n) is 6.46. The number of aryl methyl sites for hydroxylation is 1. The molecule has 0 saturated carbocycles. The van der Waals surface area contributed by atoms with Crippen molar-refractivity contribution in [2.45, 2.75) is 12.3 Å². The van der Waals surface area contributed by atoms with E-state index < -0.39 is 0 Å². The zero-order valence-corrected chi connectivity index (χ0v) is 20.9. The standard InChI is InChI=1S/C31H27FN4O2/c1-36-20-27(30(35-36)22-11-13-24(32)14-12-22)23-15-17-33-28(19-23)25(21-7-3-2-4-8-21)16-18-34-31(38)26-9-5-6-10-29(26)37/h2-15,17,19-20,25,37H,16,18H2,1H3,(H,34,38). The number of hydrogen-bond acceptors (Lipinski definition) is 4. The number of hydrogen-bond donors (Lipinski definition) is 2. The predicted molar refractivity (Wildman–Crippen MR) is 145 cm³/mol. The number of aromatic hydroxyl groups is 1. The van der Waals surface area contributed by atoms with Gasteiger partial charge >= 0.3 is 0 Å². The van der Waals surface area contributed by atoms with Crippen molar-refractivity contribution in [3.05, 3.63) is 126 Å². The number of carbonyl (C=O) groups excluding carboxylic acids is 1. The smallest absolute Gasteiger partial charge is 0.255 e. The first-order valence-electron chi connectivity index (χ1n) is 12.4. The summed E-state index contributed by atoms with van der Waals surface area (Å²) in [4.78, 5) is 17.3. The molecule has 2 aromatic heterocycles. The minimum absolute atomic E-state index is 0.0487. The fraction of sp³-hybridized carbons (Fsp3) is 0.129. The summed E-state index contributed by atoms with van der Waals surface area (Å²) in [5.74, 6) is -0.743. The number of rotatable bonds is 8. The summed E-state index contributed by atoms with van der Waals surface area (Å²) in [5.41, 5.74) is 5.64. The van der Waals surface area contributed by atoms with Gasteiger partial charge in [-0.05, 0) is 66.1 Å². The van der Waals surface area contributed by atoms with Crippen molar-refractivity contribution in [2.75, 3.05) is 6.54 Å². The molecule has 0 bridgehead atoms. The Balaban J connectivity index is 1.43. The largest absolute Gasteiger partial charge is 0.507 e. The summed E-state index contributed by atoms with van der Waals surface area (Å²) < 4.78 is 15.3. The maximum Gasteiger partial charge on any atom is 0.255 e. The summed E-state index contributed by atoms with van der Waals surface area (Å²) in [5, 5.41) is 17.6. The van der Waals surface area contributed by atoms with E-state index >= 15 is 0 Å². The van der Waals surface area contributed by atoms with E-state index in [1.165, 1.54) is 18.2 Å². The number of amides is 1. The fourth-order valence-corrected chi connectivity index (χ4v) is 4.59. The summed E-state index contributed by atoms with van der Waals surface area (Å²) in [6.45, 7) is 0.395. The highest BCUT2D eigenvalue weighted by Crippen LogP contribution is 2.34. The summed E-state index contributed by atoms with van der Waals surface area (Å²) in [6, 6.07) is 26.8. The molecular formula is C31H27FN4O2. The van der Waals surface area contributed by atoms with Gasteiger partial charge in [0.1, 0.15) is 17.3 Å². The number of benzene rings is 3. The number of phenolic OH excluding ortho intramolecular Hbond substituents is 1. The van der Waals surface area contributed by atoms with Crippen molar-refractivity contribution in [1.29, 1.82) is 0 Å². The number of phenols is 1. The third kappa shape index (κ3) is 5.47.